The predicted molar refractivity (Wildman–Crippen MR) is 137 cm³/mol. The Labute approximate surface area is 210 Å². The number of nitrogens with one attached hydrogen (secondary N) is 1. The van der Waals surface area contributed by atoms with E-state index in [9.17, 15) is 4.79 Å². The van der Waals surface area contributed by atoms with Gasteiger partial charge < -0.3 is 29.2 Å². The molecule has 1 saturated carbocycles. The number of esters is 1. The van der Waals surface area contributed by atoms with Crippen molar-refractivity contribution < 1.29 is 23.7 Å². The lowest BCUT2D eigenvalue weighted by Crippen LogP contribution is -2.36. The number of aromatic nitrogens is 2. The minimum Gasteiger partial charge on any atom is -0.496 e. The van der Waals surface area contributed by atoms with Gasteiger partial charge in [-0.15, -0.1) is 0 Å². The van der Waals surface area contributed by atoms with Gasteiger partial charge in [-0.2, -0.15) is 0 Å². The monoisotopic (exact) mass is 492 g/mol. The van der Waals surface area contributed by atoms with Crippen LogP contribution in [0.5, 0.6) is 11.5 Å². The summed E-state index contributed by atoms with van der Waals surface area (Å²) in [7, 11) is 2.92. The topological polar surface area (TPSA) is 95.0 Å². The zero-order valence-corrected chi connectivity index (χ0v) is 20.7. The van der Waals surface area contributed by atoms with Crippen LogP contribution in [0, 0.1) is 0 Å². The molecule has 9 heteroatoms. The minimum absolute atomic E-state index is 0.115. The fourth-order valence-corrected chi connectivity index (χ4v) is 4.92. The van der Waals surface area contributed by atoms with Crippen LogP contribution in [0.15, 0.2) is 42.7 Å². The highest BCUT2D eigenvalue weighted by atomic mass is 16.5. The number of hydrogen-bond donors (Lipinski definition) is 1. The number of ether oxygens (including phenoxy) is 4. The van der Waals surface area contributed by atoms with E-state index in [0.717, 1.165) is 80.1 Å². The van der Waals surface area contributed by atoms with E-state index >= 15 is 0 Å². The highest BCUT2D eigenvalue weighted by molar-refractivity contribution is 5.93. The van der Waals surface area contributed by atoms with Gasteiger partial charge in [0.2, 0.25) is 0 Å². The van der Waals surface area contributed by atoms with Crippen molar-refractivity contribution in [1.29, 1.82) is 0 Å². The Morgan fingerprint density at radius 3 is 2.53 bits per heavy atom. The second-order valence-electron chi connectivity index (χ2n) is 9.11. The van der Waals surface area contributed by atoms with E-state index in [4.69, 9.17) is 18.9 Å². The number of carbonyl (C=O) groups is 1. The number of anilines is 2. The summed E-state index contributed by atoms with van der Waals surface area (Å²) in [6.45, 7) is 3.16. The molecule has 1 N–H and O–H groups in total. The van der Waals surface area contributed by atoms with Crippen LogP contribution in [0.2, 0.25) is 0 Å². The molecule has 0 amide bonds. The van der Waals surface area contributed by atoms with Gasteiger partial charge in [0.25, 0.3) is 0 Å². The van der Waals surface area contributed by atoms with Gasteiger partial charge in [0.15, 0.2) is 0 Å². The van der Waals surface area contributed by atoms with Crippen LogP contribution >= 0.6 is 0 Å². The molecule has 1 saturated heterocycles. The minimum atomic E-state index is -0.411. The Morgan fingerprint density at radius 2 is 1.78 bits per heavy atom. The third-order valence-electron chi connectivity index (χ3n) is 6.85. The maximum atomic E-state index is 11.9. The first-order valence-corrected chi connectivity index (χ1v) is 12.4. The van der Waals surface area contributed by atoms with Crippen LogP contribution in [0.4, 0.5) is 11.4 Å². The van der Waals surface area contributed by atoms with Crippen molar-refractivity contribution >= 4 is 28.4 Å². The number of morpholine rings is 1. The fraction of sp³-hybridized carbons (Fsp3) is 0.444. The van der Waals surface area contributed by atoms with Gasteiger partial charge in [0, 0.05) is 55.0 Å². The molecule has 3 aromatic rings. The second kappa shape index (κ2) is 11.0. The molecule has 0 atom stereocenters. The third-order valence-corrected chi connectivity index (χ3v) is 6.85. The van der Waals surface area contributed by atoms with Gasteiger partial charge in [0.05, 0.1) is 39.1 Å². The molecule has 2 heterocycles. The molecule has 0 radical (unpaired) electrons. The quantitative estimate of drug-likeness (QED) is 0.490. The fourth-order valence-electron chi connectivity index (χ4n) is 4.92. The number of carbonyl (C=O) groups excluding carboxylic acids is 1. The molecule has 1 aliphatic carbocycles. The largest absolute Gasteiger partial charge is 0.496 e. The molecule has 1 aromatic heterocycles. The van der Waals surface area contributed by atoms with Gasteiger partial charge in [0.1, 0.15) is 22.6 Å². The molecule has 2 aromatic carbocycles. The van der Waals surface area contributed by atoms with Gasteiger partial charge in [-0.3, -0.25) is 4.98 Å². The summed E-state index contributed by atoms with van der Waals surface area (Å²) in [4.78, 5) is 23.3. The Morgan fingerprint density at radius 1 is 1.00 bits per heavy atom. The van der Waals surface area contributed by atoms with Gasteiger partial charge in [-0.25, -0.2) is 9.78 Å². The van der Waals surface area contributed by atoms with Gasteiger partial charge in [-0.1, -0.05) is 0 Å². The maximum Gasteiger partial charge on any atom is 0.341 e. The van der Waals surface area contributed by atoms with E-state index in [1.807, 2.05) is 12.1 Å². The van der Waals surface area contributed by atoms with Crippen molar-refractivity contribution in [2.75, 3.05) is 50.7 Å². The van der Waals surface area contributed by atoms with E-state index < -0.39 is 5.97 Å². The average Bonchev–Trinajstić information content (AvgIpc) is 2.94. The van der Waals surface area contributed by atoms with Crippen LogP contribution in [-0.2, 0) is 9.47 Å². The molecule has 0 bridgehead atoms. The summed E-state index contributed by atoms with van der Waals surface area (Å²) < 4.78 is 22.3. The van der Waals surface area contributed by atoms with Crippen molar-refractivity contribution in [2.24, 2.45) is 0 Å². The summed E-state index contributed by atoms with van der Waals surface area (Å²) in [6.07, 6.45) is 7.35. The van der Waals surface area contributed by atoms with Crippen LogP contribution in [0.25, 0.3) is 11.0 Å². The summed E-state index contributed by atoms with van der Waals surface area (Å²) in [5.41, 5.74) is 4.07. The summed E-state index contributed by atoms with van der Waals surface area (Å²) in [6, 6.07) is 9.96. The number of fused-ring (bicyclic) bond motifs is 1. The Kier molecular flexibility index (Phi) is 7.36. The molecular weight excluding hydrogens is 460 g/mol. The molecule has 2 fully saturated rings. The van der Waals surface area contributed by atoms with E-state index in [0.29, 0.717) is 17.4 Å². The average molecular weight is 493 g/mol. The first-order chi connectivity index (χ1) is 17.6. The Hall–Kier alpha value is -3.59. The third kappa shape index (κ3) is 5.31. The number of rotatable bonds is 7. The van der Waals surface area contributed by atoms with E-state index in [1.54, 1.807) is 25.6 Å². The molecule has 0 spiro atoms. The van der Waals surface area contributed by atoms with Crippen molar-refractivity contribution in [3.63, 3.8) is 0 Å². The lowest BCUT2D eigenvalue weighted by atomic mass is 9.92. The number of nitrogens with zero attached hydrogens (tertiary/aromatic N) is 3. The SMILES string of the molecule is COC(=O)c1ccc(N[C@H]2CC[C@@H](Oc3cc(N4CCOCC4)cc4nccnc34)CC2)cc1OC. The Balaban J connectivity index is 1.24. The zero-order valence-electron chi connectivity index (χ0n) is 20.7. The standard InChI is InChI=1S/C27H32N4O5/c1-33-24-15-19(5-8-22(24)27(32)34-2)30-18-3-6-21(7-4-18)36-25-17-20(31-11-13-35-14-12-31)16-23-26(25)29-10-9-28-23/h5,8-10,15-18,21,30H,3-4,6-7,11-14H2,1-2H3/t18-,21+. The normalized spacial score (nSPS) is 20.1. The molecule has 190 valence electrons. The number of methoxy groups -OCH3 is 2. The Bertz CT molecular complexity index is 1210. The highest BCUT2D eigenvalue weighted by Gasteiger charge is 2.25. The van der Waals surface area contributed by atoms with Gasteiger partial charge >= 0.3 is 5.97 Å². The van der Waals surface area contributed by atoms with E-state index in [-0.39, 0.29) is 6.10 Å². The lowest BCUT2D eigenvalue weighted by molar-refractivity contribution is 0.0597. The van der Waals surface area contributed by atoms with Crippen molar-refractivity contribution in [1.82, 2.24) is 9.97 Å². The molecule has 5 rings (SSSR count). The van der Waals surface area contributed by atoms with Crippen LogP contribution < -0.4 is 19.7 Å². The first kappa shape index (κ1) is 24.1. The smallest absolute Gasteiger partial charge is 0.341 e. The first-order valence-electron chi connectivity index (χ1n) is 12.4. The van der Waals surface area contributed by atoms with Gasteiger partial charge in [-0.05, 0) is 43.9 Å². The zero-order chi connectivity index (χ0) is 24.9. The molecule has 2 aliphatic rings. The highest BCUT2D eigenvalue weighted by Crippen LogP contribution is 2.34. The maximum absolute atomic E-state index is 11.9. The van der Waals surface area contributed by atoms with Crippen LogP contribution in [0.1, 0.15) is 36.0 Å². The lowest BCUT2D eigenvalue weighted by Gasteiger charge is -2.32. The molecule has 1 aliphatic heterocycles. The van der Waals surface area contributed by atoms with Crippen LogP contribution in [-0.4, -0.2) is 68.6 Å². The van der Waals surface area contributed by atoms with Crippen molar-refractivity contribution in [3.8, 4) is 11.5 Å². The van der Waals surface area contributed by atoms with Crippen molar-refractivity contribution in [3.05, 3.63) is 48.3 Å². The summed E-state index contributed by atoms with van der Waals surface area (Å²) in [5.74, 6) is 0.879. The molecule has 0 unspecified atom stereocenters. The summed E-state index contributed by atoms with van der Waals surface area (Å²) >= 11 is 0. The molecule has 9 nitrogen and oxygen atoms in total. The summed E-state index contributed by atoms with van der Waals surface area (Å²) in [5, 5.41) is 3.58. The number of hydrogen-bond acceptors (Lipinski definition) is 9. The number of benzene rings is 2. The predicted octanol–water partition coefficient (Wildman–Crippen LogP) is 4.06. The van der Waals surface area contributed by atoms with Crippen molar-refractivity contribution in [2.45, 2.75) is 37.8 Å². The molecular formula is C27H32N4O5. The second-order valence-corrected chi connectivity index (χ2v) is 9.11. The molecule has 36 heavy (non-hydrogen) atoms. The van der Waals surface area contributed by atoms with E-state index in [1.165, 1.54) is 7.11 Å². The van der Waals surface area contributed by atoms with E-state index in [2.05, 4.69) is 32.3 Å². The van der Waals surface area contributed by atoms with Crippen LogP contribution in [0.3, 0.4) is 0 Å².